The molecule has 0 aliphatic rings. The van der Waals surface area contributed by atoms with E-state index in [-0.39, 0.29) is 0 Å². The summed E-state index contributed by atoms with van der Waals surface area (Å²) in [5.41, 5.74) is 11.1. The highest BCUT2D eigenvalue weighted by Crippen LogP contribution is 2.32. The van der Waals surface area contributed by atoms with Gasteiger partial charge in [-0.15, -0.1) is 0 Å². The summed E-state index contributed by atoms with van der Waals surface area (Å²) in [6.07, 6.45) is 0. The first-order valence-corrected chi connectivity index (χ1v) is 6.54. The maximum absolute atomic E-state index is 6.31. The van der Waals surface area contributed by atoms with E-state index in [1.54, 1.807) is 0 Å². The summed E-state index contributed by atoms with van der Waals surface area (Å²) >= 11 is 12.4. The van der Waals surface area contributed by atoms with Crippen molar-refractivity contribution in [2.75, 3.05) is 0 Å². The molecule has 0 saturated carbocycles. The van der Waals surface area contributed by atoms with Crippen LogP contribution in [-0.2, 0) is 6.54 Å². The van der Waals surface area contributed by atoms with Gasteiger partial charge in [0, 0.05) is 22.2 Å². The summed E-state index contributed by atoms with van der Waals surface area (Å²) in [5.74, 6) is 0. The lowest BCUT2D eigenvalue weighted by Gasteiger charge is -2.10. The Morgan fingerprint density at radius 1 is 0.944 bits per heavy atom. The first-order valence-electron chi connectivity index (χ1n) is 5.78. The molecule has 3 heteroatoms. The Bertz CT molecular complexity index is 591. The Morgan fingerprint density at radius 3 is 2.28 bits per heavy atom. The maximum atomic E-state index is 6.31. The van der Waals surface area contributed by atoms with E-state index in [9.17, 15) is 0 Å². The van der Waals surface area contributed by atoms with Gasteiger partial charge in [0.1, 0.15) is 0 Å². The SMILES string of the molecule is Cc1cc(Cl)c(-c2ccc(Cl)c(CN)c2)cc1C. The van der Waals surface area contributed by atoms with Crippen molar-refractivity contribution in [1.29, 1.82) is 0 Å². The minimum atomic E-state index is 0.426. The van der Waals surface area contributed by atoms with Crippen molar-refractivity contribution in [3.05, 3.63) is 57.1 Å². The normalized spacial score (nSPS) is 10.7. The fourth-order valence-electron chi connectivity index (χ4n) is 1.90. The lowest BCUT2D eigenvalue weighted by atomic mass is 9.99. The van der Waals surface area contributed by atoms with E-state index < -0.39 is 0 Å². The van der Waals surface area contributed by atoms with E-state index in [0.717, 1.165) is 21.7 Å². The minimum Gasteiger partial charge on any atom is -0.326 e. The molecule has 2 aromatic rings. The molecular weight excluding hydrogens is 265 g/mol. The highest BCUT2D eigenvalue weighted by molar-refractivity contribution is 6.33. The Morgan fingerprint density at radius 2 is 1.61 bits per heavy atom. The zero-order valence-electron chi connectivity index (χ0n) is 10.4. The van der Waals surface area contributed by atoms with Gasteiger partial charge in [0.25, 0.3) is 0 Å². The minimum absolute atomic E-state index is 0.426. The fraction of sp³-hybridized carbons (Fsp3) is 0.200. The molecule has 0 aliphatic carbocycles. The molecule has 0 fully saturated rings. The van der Waals surface area contributed by atoms with Crippen LogP contribution in [-0.4, -0.2) is 0 Å². The second-order valence-electron chi connectivity index (χ2n) is 4.43. The van der Waals surface area contributed by atoms with Crippen molar-refractivity contribution in [2.45, 2.75) is 20.4 Å². The third-order valence-electron chi connectivity index (χ3n) is 3.16. The number of nitrogens with two attached hydrogens (primary N) is 1. The summed E-state index contributed by atoms with van der Waals surface area (Å²) in [5, 5.41) is 1.45. The van der Waals surface area contributed by atoms with Gasteiger partial charge in [-0.05, 0) is 60.4 Å². The van der Waals surface area contributed by atoms with Gasteiger partial charge in [0.2, 0.25) is 0 Å². The molecule has 2 N–H and O–H groups in total. The number of benzene rings is 2. The second-order valence-corrected chi connectivity index (χ2v) is 5.24. The quantitative estimate of drug-likeness (QED) is 0.845. The van der Waals surface area contributed by atoms with Crippen LogP contribution in [0.4, 0.5) is 0 Å². The van der Waals surface area contributed by atoms with Gasteiger partial charge >= 0.3 is 0 Å². The summed E-state index contributed by atoms with van der Waals surface area (Å²) < 4.78 is 0. The third kappa shape index (κ3) is 2.54. The van der Waals surface area contributed by atoms with E-state index in [4.69, 9.17) is 28.9 Å². The zero-order chi connectivity index (χ0) is 13.3. The van der Waals surface area contributed by atoms with Crippen LogP contribution < -0.4 is 5.73 Å². The van der Waals surface area contributed by atoms with E-state index in [1.165, 1.54) is 11.1 Å². The topological polar surface area (TPSA) is 26.0 Å². The van der Waals surface area contributed by atoms with E-state index in [0.29, 0.717) is 11.6 Å². The third-order valence-corrected chi connectivity index (χ3v) is 3.84. The van der Waals surface area contributed by atoms with Crippen molar-refractivity contribution >= 4 is 23.2 Å². The van der Waals surface area contributed by atoms with Crippen molar-refractivity contribution in [2.24, 2.45) is 5.73 Å². The molecule has 0 amide bonds. The van der Waals surface area contributed by atoms with Gasteiger partial charge in [-0.2, -0.15) is 0 Å². The van der Waals surface area contributed by atoms with Gasteiger partial charge in [0.05, 0.1) is 0 Å². The Hall–Kier alpha value is -1.02. The smallest absolute Gasteiger partial charge is 0.0487 e. The van der Waals surface area contributed by atoms with Gasteiger partial charge < -0.3 is 5.73 Å². The average molecular weight is 280 g/mol. The summed E-state index contributed by atoms with van der Waals surface area (Å²) in [4.78, 5) is 0. The summed E-state index contributed by atoms with van der Waals surface area (Å²) in [7, 11) is 0. The highest BCUT2D eigenvalue weighted by Gasteiger charge is 2.08. The summed E-state index contributed by atoms with van der Waals surface area (Å²) in [6.45, 7) is 4.56. The maximum Gasteiger partial charge on any atom is 0.0487 e. The molecule has 0 bridgehead atoms. The molecule has 1 nitrogen and oxygen atoms in total. The molecule has 2 aromatic carbocycles. The molecule has 2 rings (SSSR count). The molecule has 0 aromatic heterocycles. The second kappa shape index (κ2) is 5.31. The number of halogens is 2. The Labute approximate surface area is 118 Å². The molecule has 0 saturated heterocycles. The lowest BCUT2D eigenvalue weighted by molar-refractivity contribution is 1.07. The van der Waals surface area contributed by atoms with Crippen LogP contribution in [0.25, 0.3) is 11.1 Å². The molecular formula is C15H15Cl2N. The molecule has 0 unspecified atom stereocenters. The number of rotatable bonds is 2. The van der Waals surface area contributed by atoms with Crippen LogP contribution in [0.1, 0.15) is 16.7 Å². The molecule has 94 valence electrons. The van der Waals surface area contributed by atoms with Crippen LogP contribution in [0.2, 0.25) is 10.0 Å². The first-order chi connectivity index (χ1) is 8.52. The van der Waals surface area contributed by atoms with Crippen LogP contribution in [0.5, 0.6) is 0 Å². The average Bonchev–Trinajstić information content (AvgIpc) is 2.35. The van der Waals surface area contributed by atoms with Crippen LogP contribution >= 0.6 is 23.2 Å². The number of hydrogen-bond acceptors (Lipinski definition) is 1. The van der Waals surface area contributed by atoms with Gasteiger partial charge in [-0.3, -0.25) is 0 Å². The molecule has 0 spiro atoms. The zero-order valence-corrected chi connectivity index (χ0v) is 11.9. The van der Waals surface area contributed by atoms with Crippen molar-refractivity contribution in [1.82, 2.24) is 0 Å². The first kappa shape index (κ1) is 13.4. The highest BCUT2D eigenvalue weighted by atomic mass is 35.5. The molecule has 18 heavy (non-hydrogen) atoms. The Kier molecular flexibility index (Phi) is 3.96. The van der Waals surface area contributed by atoms with Gasteiger partial charge in [0.15, 0.2) is 0 Å². The predicted molar refractivity (Wildman–Crippen MR) is 79.3 cm³/mol. The van der Waals surface area contributed by atoms with E-state index in [2.05, 4.69) is 19.9 Å². The standard InChI is InChI=1S/C15H15Cl2N/c1-9-5-13(15(17)6-10(9)2)11-3-4-14(16)12(7-11)8-18/h3-7H,8,18H2,1-2H3. The van der Waals surface area contributed by atoms with Crippen molar-refractivity contribution in [3.63, 3.8) is 0 Å². The van der Waals surface area contributed by atoms with Crippen LogP contribution in [0, 0.1) is 13.8 Å². The van der Waals surface area contributed by atoms with Crippen molar-refractivity contribution in [3.8, 4) is 11.1 Å². The Balaban J connectivity index is 2.58. The molecule has 0 atom stereocenters. The van der Waals surface area contributed by atoms with Gasteiger partial charge in [-0.1, -0.05) is 29.3 Å². The van der Waals surface area contributed by atoms with E-state index in [1.807, 2.05) is 24.3 Å². The van der Waals surface area contributed by atoms with Crippen LogP contribution in [0.15, 0.2) is 30.3 Å². The lowest BCUT2D eigenvalue weighted by Crippen LogP contribution is -1.97. The molecule has 0 radical (unpaired) electrons. The molecule has 0 aliphatic heterocycles. The van der Waals surface area contributed by atoms with Gasteiger partial charge in [-0.25, -0.2) is 0 Å². The summed E-state index contributed by atoms with van der Waals surface area (Å²) in [6, 6.07) is 9.92. The number of hydrogen-bond donors (Lipinski definition) is 1. The predicted octanol–water partition coefficient (Wildman–Crippen LogP) is 4.74. The van der Waals surface area contributed by atoms with Crippen LogP contribution in [0.3, 0.4) is 0 Å². The largest absolute Gasteiger partial charge is 0.326 e. The fourth-order valence-corrected chi connectivity index (χ4v) is 2.42. The number of aryl methyl sites for hydroxylation is 2. The van der Waals surface area contributed by atoms with Crippen molar-refractivity contribution < 1.29 is 0 Å². The molecule has 0 heterocycles. The van der Waals surface area contributed by atoms with E-state index >= 15 is 0 Å². The monoisotopic (exact) mass is 279 g/mol.